The van der Waals surface area contributed by atoms with Crippen molar-refractivity contribution in [1.29, 1.82) is 0 Å². The van der Waals surface area contributed by atoms with Crippen molar-refractivity contribution >= 4 is 0 Å². The van der Waals surface area contributed by atoms with Crippen LogP contribution in [0.15, 0.2) is 12.3 Å². The van der Waals surface area contributed by atoms with Crippen LogP contribution < -0.4 is 5.32 Å². The van der Waals surface area contributed by atoms with Crippen LogP contribution >= 0.6 is 0 Å². The van der Waals surface area contributed by atoms with E-state index >= 15 is 0 Å². The molecule has 0 aliphatic rings. The SMILES string of the molecule is CCNC(C)CC(C)Cc1ccn(C(C)CC)n1. The summed E-state index contributed by atoms with van der Waals surface area (Å²) in [4.78, 5) is 0. The first kappa shape index (κ1) is 15.2. The van der Waals surface area contributed by atoms with Gasteiger partial charge in [-0.3, -0.25) is 4.68 Å². The first-order valence-electron chi connectivity index (χ1n) is 7.34. The highest BCUT2D eigenvalue weighted by molar-refractivity contribution is 5.00. The molecule has 0 aromatic carbocycles. The Balaban J connectivity index is 2.44. The normalized spacial score (nSPS) is 16.5. The Morgan fingerprint density at radius 2 is 2.00 bits per heavy atom. The first-order valence-corrected chi connectivity index (χ1v) is 7.34. The van der Waals surface area contributed by atoms with E-state index in [0.29, 0.717) is 18.0 Å². The van der Waals surface area contributed by atoms with Crippen LogP contribution in [0.3, 0.4) is 0 Å². The van der Waals surface area contributed by atoms with E-state index in [9.17, 15) is 0 Å². The molecule has 104 valence electrons. The number of aromatic nitrogens is 2. The molecule has 0 radical (unpaired) electrons. The van der Waals surface area contributed by atoms with E-state index in [-0.39, 0.29) is 0 Å². The number of rotatable bonds is 8. The van der Waals surface area contributed by atoms with Crippen LogP contribution in [-0.4, -0.2) is 22.4 Å². The smallest absolute Gasteiger partial charge is 0.0627 e. The standard InChI is InChI=1S/C15H29N3/c1-6-14(5)18-9-8-15(17-18)11-12(3)10-13(4)16-7-2/h8-9,12-14,16H,6-7,10-11H2,1-5H3. The molecule has 1 rings (SSSR count). The van der Waals surface area contributed by atoms with E-state index in [0.717, 1.165) is 19.4 Å². The highest BCUT2D eigenvalue weighted by Gasteiger charge is 2.11. The van der Waals surface area contributed by atoms with Crippen LogP contribution in [-0.2, 0) is 6.42 Å². The molecule has 0 bridgehead atoms. The molecule has 0 aliphatic heterocycles. The highest BCUT2D eigenvalue weighted by atomic mass is 15.3. The lowest BCUT2D eigenvalue weighted by Gasteiger charge is -2.17. The van der Waals surface area contributed by atoms with Gasteiger partial charge in [0.05, 0.1) is 5.69 Å². The van der Waals surface area contributed by atoms with Crippen LogP contribution in [0.25, 0.3) is 0 Å². The molecule has 18 heavy (non-hydrogen) atoms. The number of hydrogen-bond acceptors (Lipinski definition) is 2. The summed E-state index contributed by atoms with van der Waals surface area (Å²) in [5, 5.41) is 8.14. The summed E-state index contributed by atoms with van der Waals surface area (Å²) in [6, 6.07) is 3.28. The van der Waals surface area contributed by atoms with Gasteiger partial charge in [-0.2, -0.15) is 5.10 Å². The van der Waals surface area contributed by atoms with Gasteiger partial charge in [0, 0.05) is 18.3 Å². The summed E-state index contributed by atoms with van der Waals surface area (Å²) in [7, 11) is 0. The van der Waals surface area contributed by atoms with E-state index in [1.165, 1.54) is 12.1 Å². The van der Waals surface area contributed by atoms with E-state index in [2.05, 4.69) is 62.0 Å². The van der Waals surface area contributed by atoms with Gasteiger partial charge in [0.2, 0.25) is 0 Å². The zero-order valence-electron chi connectivity index (χ0n) is 12.6. The van der Waals surface area contributed by atoms with Crippen molar-refractivity contribution in [2.45, 2.75) is 66.0 Å². The third kappa shape index (κ3) is 4.81. The van der Waals surface area contributed by atoms with E-state index in [1.54, 1.807) is 0 Å². The molecule has 0 aliphatic carbocycles. The van der Waals surface area contributed by atoms with Crippen LogP contribution in [0.4, 0.5) is 0 Å². The summed E-state index contributed by atoms with van der Waals surface area (Å²) < 4.78 is 2.09. The maximum atomic E-state index is 4.67. The van der Waals surface area contributed by atoms with Crippen molar-refractivity contribution in [1.82, 2.24) is 15.1 Å². The van der Waals surface area contributed by atoms with Gasteiger partial charge in [-0.1, -0.05) is 20.8 Å². The first-order chi connectivity index (χ1) is 8.56. The lowest BCUT2D eigenvalue weighted by atomic mass is 9.98. The summed E-state index contributed by atoms with van der Waals surface area (Å²) in [5.74, 6) is 0.680. The minimum Gasteiger partial charge on any atom is -0.315 e. The van der Waals surface area contributed by atoms with Gasteiger partial charge in [-0.05, 0) is 51.6 Å². The Kier molecular flexibility index (Phi) is 6.41. The van der Waals surface area contributed by atoms with Gasteiger partial charge in [0.15, 0.2) is 0 Å². The van der Waals surface area contributed by atoms with Gasteiger partial charge in [-0.25, -0.2) is 0 Å². The van der Waals surface area contributed by atoms with Crippen molar-refractivity contribution in [2.75, 3.05) is 6.54 Å². The molecule has 3 atom stereocenters. The second-order valence-corrected chi connectivity index (χ2v) is 5.55. The highest BCUT2D eigenvalue weighted by Crippen LogP contribution is 2.15. The predicted molar refractivity (Wildman–Crippen MR) is 77.9 cm³/mol. The molecule has 3 nitrogen and oxygen atoms in total. The Labute approximate surface area is 112 Å². The Hall–Kier alpha value is -0.830. The van der Waals surface area contributed by atoms with Gasteiger partial charge in [-0.15, -0.1) is 0 Å². The zero-order valence-corrected chi connectivity index (χ0v) is 12.6. The average molecular weight is 251 g/mol. The molecule has 3 heteroatoms. The molecule has 0 spiro atoms. The Morgan fingerprint density at radius 1 is 1.28 bits per heavy atom. The van der Waals surface area contributed by atoms with Crippen molar-refractivity contribution in [2.24, 2.45) is 5.92 Å². The lowest BCUT2D eigenvalue weighted by molar-refractivity contribution is 0.417. The number of hydrogen-bond donors (Lipinski definition) is 1. The third-order valence-corrected chi connectivity index (χ3v) is 3.57. The lowest BCUT2D eigenvalue weighted by Crippen LogP contribution is -2.27. The molecule has 1 N–H and O–H groups in total. The third-order valence-electron chi connectivity index (χ3n) is 3.57. The summed E-state index contributed by atoms with van der Waals surface area (Å²) >= 11 is 0. The summed E-state index contributed by atoms with van der Waals surface area (Å²) in [5.41, 5.74) is 1.23. The van der Waals surface area contributed by atoms with Gasteiger partial charge in [0.25, 0.3) is 0 Å². The van der Waals surface area contributed by atoms with E-state index in [1.807, 2.05) is 0 Å². The zero-order chi connectivity index (χ0) is 13.5. The maximum absolute atomic E-state index is 4.67. The van der Waals surface area contributed by atoms with Crippen molar-refractivity contribution < 1.29 is 0 Å². The largest absolute Gasteiger partial charge is 0.315 e. The second kappa shape index (κ2) is 7.57. The quantitative estimate of drug-likeness (QED) is 0.767. The minimum absolute atomic E-state index is 0.509. The van der Waals surface area contributed by atoms with Crippen LogP contribution in [0, 0.1) is 5.92 Å². The minimum atomic E-state index is 0.509. The fraction of sp³-hybridized carbons (Fsp3) is 0.800. The maximum Gasteiger partial charge on any atom is 0.0627 e. The molecule has 1 aromatic rings. The average Bonchev–Trinajstić information content (AvgIpc) is 2.76. The molecular formula is C15H29N3. The van der Waals surface area contributed by atoms with E-state index in [4.69, 9.17) is 0 Å². The van der Waals surface area contributed by atoms with Crippen molar-refractivity contribution in [3.63, 3.8) is 0 Å². The monoisotopic (exact) mass is 251 g/mol. The second-order valence-electron chi connectivity index (χ2n) is 5.55. The van der Waals surface area contributed by atoms with Gasteiger partial charge < -0.3 is 5.32 Å². The van der Waals surface area contributed by atoms with Gasteiger partial charge >= 0.3 is 0 Å². The van der Waals surface area contributed by atoms with E-state index < -0.39 is 0 Å². The summed E-state index contributed by atoms with van der Waals surface area (Å²) in [6.45, 7) is 12.2. The molecule has 0 amide bonds. The fourth-order valence-corrected chi connectivity index (χ4v) is 2.39. The Bertz CT molecular complexity index is 332. The molecule has 0 fully saturated rings. The summed E-state index contributed by atoms with van der Waals surface area (Å²) in [6.07, 6.45) is 5.54. The topological polar surface area (TPSA) is 29.9 Å². The molecule has 1 aromatic heterocycles. The van der Waals surface area contributed by atoms with Crippen molar-refractivity contribution in [3.8, 4) is 0 Å². The van der Waals surface area contributed by atoms with Crippen LogP contribution in [0.1, 0.15) is 59.2 Å². The van der Waals surface area contributed by atoms with Gasteiger partial charge in [0.1, 0.15) is 0 Å². The molecule has 3 unspecified atom stereocenters. The molecule has 0 saturated heterocycles. The van der Waals surface area contributed by atoms with Crippen molar-refractivity contribution in [3.05, 3.63) is 18.0 Å². The fourth-order valence-electron chi connectivity index (χ4n) is 2.39. The number of nitrogens with zero attached hydrogens (tertiary/aromatic N) is 2. The molecule has 0 saturated carbocycles. The number of nitrogens with one attached hydrogen (secondary N) is 1. The molecular weight excluding hydrogens is 222 g/mol. The predicted octanol–water partition coefficient (Wildman–Crippen LogP) is 3.42. The van der Waals surface area contributed by atoms with Crippen LogP contribution in [0.2, 0.25) is 0 Å². The molecule has 1 heterocycles. The van der Waals surface area contributed by atoms with Crippen LogP contribution in [0.5, 0.6) is 0 Å². The Morgan fingerprint density at radius 3 is 2.61 bits per heavy atom.